The van der Waals surface area contributed by atoms with E-state index in [0.717, 1.165) is 25.9 Å². The summed E-state index contributed by atoms with van der Waals surface area (Å²) in [6.07, 6.45) is 4.74. The second kappa shape index (κ2) is 12.2. The molecule has 7 N–H and O–H groups in total. The normalized spacial score (nSPS) is 24.1. The summed E-state index contributed by atoms with van der Waals surface area (Å²) in [5, 5.41) is 8.44. The molecule has 2 saturated heterocycles. The average Bonchev–Trinajstić information content (AvgIpc) is 3.26. The summed E-state index contributed by atoms with van der Waals surface area (Å²) in [5.41, 5.74) is -0.882. The number of phosphoric acid groups is 1. The molecule has 2 aliphatic rings. The fourth-order valence-corrected chi connectivity index (χ4v) is 2.56. The molecule has 2 aliphatic heterocycles. The van der Waals surface area contributed by atoms with E-state index in [0.29, 0.717) is 13.0 Å². The minimum absolute atomic E-state index is 0.103. The molecule has 0 saturated carbocycles. The van der Waals surface area contributed by atoms with Gasteiger partial charge in [0.2, 0.25) is 0 Å². The van der Waals surface area contributed by atoms with Gasteiger partial charge in [-0.15, -0.1) is 0 Å². The van der Waals surface area contributed by atoms with Crippen LogP contribution >= 0.6 is 7.82 Å². The highest BCUT2D eigenvalue weighted by molar-refractivity contribution is 7.45. The number of hydrogen-bond donors (Lipinski definition) is 6. The van der Waals surface area contributed by atoms with E-state index in [-0.39, 0.29) is 25.0 Å². The van der Waals surface area contributed by atoms with Crippen LogP contribution in [-0.4, -0.2) is 61.4 Å². The van der Waals surface area contributed by atoms with Crippen molar-refractivity contribution >= 4 is 7.82 Å². The molecular formula is C14H26N3O10P. The van der Waals surface area contributed by atoms with Gasteiger partial charge in [0, 0.05) is 18.9 Å². The first-order valence-electron chi connectivity index (χ1n) is 8.43. The smallest absolute Gasteiger partial charge is 0.394 e. The number of aromatic amines is 1. The van der Waals surface area contributed by atoms with Crippen molar-refractivity contribution in [3.05, 3.63) is 33.1 Å². The molecule has 13 nitrogen and oxygen atoms in total. The predicted molar refractivity (Wildman–Crippen MR) is 94.9 cm³/mol. The van der Waals surface area contributed by atoms with Crippen LogP contribution in [0.5, 0.6) is 0 Å². The first-order valence-corrected chi connectivity index (χ1v) is 10.00. The number of nitrogens with two attached hydrogens (primary N) is 1. The highest BCUT2D eigenvalue weighted by Gasteiger charge is 2.27. The molecule has 3 rings (SSSR count). The fourth-order valence-electron chi connectivity index (χ4n) is 2.56. The zero-order chi connectivity index (χ0) is 21.2. The molecule has 2 fully saturated rings. The maximum Gasteiger partial charge on any atom is 0.466 e. The Bertz CT molecular complexity index is 718. The number of aliphatic hydroxyl groups is 1. The van der Waals surface area contributed by atoms with E-state index in [1.807, 2.05) is 0 Å². The molecule has 0 aromatic carbocycles. The van der Waals surface area contributed by atoms with Gasteiger partial charge >= 0.3 is 13.5 Å². The maximum absolute atomic E-state index is 11.5. The van der Waals surface area contributed by atoms with Crippen LogP contribution < -0.4 is 17.1 Å². The standard InChI is InChI=1S/C9H13N3O4.C5H10O2.H3O4P/c10-15-5-6-1-2-8(16-6)12-4-3-7(13)11-9(12)14;6-4-5-2-1-3-7-5;1-5(2,3)4/h3-4,6,8H,1-2,5,10H2,(H,11,13,14);5-6H,1-4H2;(H3,1,2,3,4). The van der Waals surface area contributed by atoms with Gasteiger partial charge in [0.1, 0.15) is 6.23 Å². The number of hydrogen-bond acceptors (Lipinski definition) is 8. The Morgan fingerprint density at radius 2 is 1.93 bits per heavy atom. The number of ether oxygens (including phenoxy) is 2. The number of nitrogens with zero attached hydrogens (tertiary/aromatic N) is 1. The molecule has 28 heavy (non-hydrogen) atoms. The summed E-state index contributed by atoms with van der Waals surface area (Å²) in [7, 11) is -4.64. The van der Waals surface area contributed by atoms with Gasteiger partial charge in [0.25, 0.3) is 5.56 Å². The van der Waals surface area contributed by atoms with Crippen molar-refractivity contribution in [2.24, 2.45) is 5.90 Å². The Kier molecular flexibility index (Phi) is 10.7. The fraction of sp³-hybridized carbons (Fsp3) is 0.714. The molecule has 1 aromatic heterocycles. The predicted octanol–water partition coefficient (Wildman–Crippen LogP) is -1.67. The van der Waals surface area contributed by atoms with Crippen LogP contribution in [0.2, 0.25) is 0 Å². The third-order valence-electron chi connectivity index (χ3n) is 3.76. The second-order valence-electron chi connectivity index (χ2n) is 5.97. The largest absolute Gasteiger partial charge is 0.466 e. The van der Waals surface area contributed by atoms with E-state index in [1.165, 1.54) is 16.8 Å². The van der Waals surface area contributed by atoms with E-state index in [1.54, 1.807) is 0 Å². The van der Waals surface area contributed by atoms with Gasteiger partial charge < -0.3 is 34.1 Å². The van der Waals surface area contributed by atoms with Crippen LogP contribution in [0.15, 0.2) is 21.9 Å². The molecule has 0 bridgehead atoms. The third-order valence-corrected chi connectivity index (χ3v) is 3.76. The third kappa shape index (κ3) is 10.2. The number of aromatic nitrogens is 2. The average molecular weight is 427 g/mol. The highest BCUT2D eigenvalue weighted by atomic mass is 31.2. The van der Waals surface area contributed by atoms with Gasteiger partial charge in [0.05, 0.1) is 25.4 Å². The lowest BCUT2D eigenvalue weighted by Gasteiger charge is -2.14. The lowest BCUT2D eigenvalue weighted by molar-refractivity contribution is -0.0434. The van der Waals surface area contributed by atoms with Gasteiger partial charge in [-0.25, -0.2) is 15.3 Å². The van der Waals surface area contributed by atoms with Crippen molar-refractivity contribution in [3.8, 4) is 0 Å². The molecule has 162 valence electrons. The SMILES string of the molecule is NOCC1CCC(n2ccc(=O)[nH]c2=O)O1.O=P(O)(O)O.OCC1CCCO1. The maximum atomic E-state index is 11.5. The topological polar surface area (TPSA) is 207 Å². The van der Waals surface area contributed by atoms with Gasteiger partial charge in [0.15, 0.2) is 0 Å². The number of H-pyrrole nitrogens is 1. The lowest BCUT2D eigenvalue weighted by Crippen LogP contribution is -2.31. The quantitative estimate of drug-likeness (QED) is 0.237. The minimum atomic E-state index is -4.64. The molecule has 3 heterocycles. The van der Waals surface area contributed by atoms with Crippen LogP contribution in [0.4, 0.5) is 0 Å². The lowest BCUT2D eigenvalue weighted by atomic mass is 10.2. The van der Waals surface area contributed by atoms with Crippen LogP contribution in [0, 0.1) is 0 Å². The number of rotatable bonds is 4. The summed E-state index contributed by atoms with van der Waals surface area (Å²) in [6.45, 7) is 1.33. The Labute approximate surface area is 159 Å². The van der Waals surface area contributed by atoms with Crippen molar-refractivity contribution in [1.82, 2.24) is 9.55 Å². The molecule has 0 spiro atoms. The first kappa shape index (κ1) is 24.6. The van der Waals surface area contributed by atoms with Crippen LogP contribution in [0.3, 0.4) is 0 Å². The number of aliphatic hydroxyl groups excluding tert-OH is 1. The van der Waals surface area contributed by atoms with Gasteiger partial charge in [-0.2, -0.15) is 0 Å². The Balaban J connectivity index is 0.000000269. The Morgan fingerprint density at radius 1 is 1.25 bits per heavy atom. The van der Waals surface area contributed by atoms with Gasteiger partial charge in [-0.05, 0) is 25.7 Å². The molecule has 1 aromatic rings. The number of nitrogens with one attached hydrogen (secondary N) is 1. The molecule has 3 unspecified atom stereocenters. The zero-order valence-electron chi connectivity index (χ0n) is 15.0. The molecule has 0 aliphatic carbocycles. The van der Waals surface area contributed by atoms with E-state index in [2.05, 4.69) is 9.82 Å². The summed E-state index contributed by atoms with van der Waals surface area (Å²) >= 11 is 0. The zero-order valence-corrected chi connectivity index (χ0v) is 15.9. The second-order valence-corrected chi connectivity index (χ2v) is 7.00. The molecule has 0 amide bonds. The molecule has 14 heteroatoms. The van der Waals surface area contributed by atoms with Crippen molar-refractivity contribution in [1.29, 1.82) is 0 Å². The minimum Gasteiger partial charge on any atom is -0.394 e. The first-order chi connectivity index (χ1) is 13.1. The summed E-state index contributed by atoms with van der Waals surface area (Å²) < 4.78 is 20.8. The molecule has 0 radical (unpaired) electrons. The van der Waals surface area contributed by atoms with E-state index in [4.69, 9.17) is 39.7 Å². The summed E-state index contributed by atoms with van der Waals surface area (Å²) in [6, 6.07) is 1.29. The van der Waals surface area contributed by atoms with Crippen molar-refractivity contribution in [2.75, 3.05) is 19.8 Å². The van der Waals surface area contributed by atoms with Crippen LogP contribution in [0.1, 0.15) is 31.9 Å². The van der Waals surface area contributed by atoms with Gasteiger partial charge in [-0.1, -0.05) is 0 Å². The van der Waals surface area contributed by atoms with Crippen molar-refractivity contribution in [2.45, 2.75) is 44.1 Å². The summed E-state index contributed by atoms with van der Waals surface area (Å²) in [4.78, 5) is 50.6. The highest BCUT2D eigenvalue weighted by Crippen LogP contribution is 2.26. The van der Waals surface area contributed by atoms with Crippen molar-refractivity contribution in [3.63, 3.8) is 0 Å². The van der Waals surface area contributed by atoms with Crippen molar-refractivity contribution < 1.29 is 38.7 Å². The molecule has 3 atom stereocenters. The Morgan fingerprint density at radius 3 is 2.39 bits per heavy atom. The van der Waals surface area contributed by atoms with E-state index in [9.17, 15) is 9.59 Å². The van der Waals surface area contributed by atoms with E-state index < -0.39 is 19.1 Å². The van der Waals surface area contributed by atoms with Gasteiger partial charge in [-0.3, -0.25) is 14.3 Å². The van der Waals surface area contributed by atoms with E-state index >= 15 is 0 Å². The van der Waals surface area contributed by atoms with Crippen LogP contribution in [-0.2, 0) is 18.9 Å². The monoisotopic (exact) mass is 427 g/mol. The van der Waals surface area contributed by atoms with Crippen LogP contribution in [0.25, 0.3) is 0 Å². The molecular weight excluding hydrogens is 401 g/mol. The summed E-state index contributed by atoms with van der Waals surface area (Å²) in [5.74, 6) is 4.95. The Hall–Kier alpha value is -1.41.